The number of aliphatic hydroxyl groups is 4. The highest BCUT2D eigenvalue weighted by atomic mass is 127. The topological polar surface area (TPSA) is 454 Å². The minimum absolute atomic E-state index is 0.141. The standard InChI is InChI=1S/C26H26F3N5O4S.C24H22F3N5O4.C19H19IN4O3.C18H17IN4O4.C6H15ClSi.C5H4F3NO/c1-3-18-19(37-15-39-2)12-20(38-18)34-13-17(10-7-11-30-25(36)26(27,28)29)21-22(31-14-32-23(21)34)33-24(35)16-8-5-4-6-9-16;1-2-17-16(33)11-18(36-17)32-12-15(9-6-10-28-23(35)24(25,26)27)19-20(29-13-30-21(19)32)31-22(34)14-7-4-3-5-8-14;1-2-14-13(25)8-15(27-14)24-9-12(20)16-17(21-10-22-18(16)24)23-19(26)11-6-4-3-5-7-11;19-11-7-23(14-6-12(25)13(8-24)27-14)17-15(11)16(20-9-21-17)22-18(26)10-4-2-1-3-5-10;1-6(2,3)8(4,5)7;1-2-3-9-4(10)5(6,7)8/h4-6,8-9,13-14,18-20H,3,11-12,15H2,1-2H3,(H,30,36)(H,31,32,33,35);3-5,7-8,12-13,16-18,33H,2,10-11H2,1H3,(H,28,35)(H,29,30,31,34);3-7,9-10,13-15,25H,2,8H2,1H3,(H,21,22,23,26);1-5,7,9,12-14,24-25H,6,8H2,(H,20,21,22,26);1-5H3;1H,3H2,(H,9,10)/t18-,19?,20-;16?,17-,18-;13?,14-,15-;12?,13-,14-;;/m1111../s1. The molecule has 0 radical (unpaired) electrons. The Hall–Kier alpha value is -12.3. The Bertz CT molecular complexity index is 6610. The number of nitrogens with zero attached hydrogens (tertiary/aromatic N) is 12. The maximum Gasteiger partial charge on any atom is 0.471 e. The predicted octanol–water partition coefficient (Wildman–Crippen LogP) is 15.7. The van der Waals surface area contributed by atoms with E-state index in [0.29, 0.717) is 120 Å². The van der Waals surface area contributed by atoms with Gasteiger partial charge in [-0.2, -0.15) is 50.6 Å². The van der Waals surface area contributed by atoms with Gasteiger partial charge in [0.05, 0.1) is 108 Å². The molecule has 0 saturated carbocycles. The monoisotopic (exact) mass is 2320 g/mol. The number of nitrogens with one attached hydrogen (secondary N) is 7. The molecule has 780 valence electrons. The van der Waals surface area contributed by atoms with Crippen LogP contribution in [0.5, 0.6) is 0 Å². The molecular formula is C98H103ClF9I2N19O16SSi. The number of anilines is 4. The zero-order chi connectivity index (χ0) is 107. The van der Waals surface area contributed by atoms with Crippen molar-refractivity contribution in [2.75, 3.05) is 59.7 Å². The van der Waals surface area contributed by atoms with E-state index in [4.69, 9.17) is 34.8 Å². The summed E-state index contributed by atoms with van der Waals surface area (Å²) in [6, 6.07) is 34.9. The number of carbonyl (C=O) groups excluding carboxylic acids is 7. The molecule has 4 unspecified atom stereocenters. The molecule has 7 amide bonds. The van der Waals surface area contributed by atoms with Crippen LogP contribution in [0.3, 0.4) is 0 Å². The highest BCUT2D eigenvalue weighted by Gasteiger charge is 2.44. The van der Waals surface area contributed by atoms with Gasteiger partial charge < -0.3 is 99.6 Å². The number of benzene rings is 4. The molecule has 11 N–H and O–H groups in total. The lowest BCUT2D eigenvalue weighted by Crippen LogP contribution is -2.36. The van der Waals surface area contributed by atoms with Crippen molar-refractivity contribution in [3.63, 3.8) is 0 Å². The second-order valence-electron chi connectivity index (χ2n) is 34.4. The van der Waals surface area contributed by atoms with Crippen LogP contribution in [0.1, 0.15) is 164 Å². The van der Waals surface area contributed by atoms with Crippen LogP contribution < -0.4 is 37.2 Å². The first kappa shape index (κ1) is 115. The second-order valence-corrected chi connectivity index (χ2v) is 44.8. The summed E-state index contributed by atoms with van der Waals surface area (Å²) in [5, 5.41) is 58.4. The average Bonchev–Trinajstić information content (AvgIpc) is 1.62. The molecule has 4 aromatic carbocycles. The molecule has 0 bridgehead atoms. The molecule has 4 fully saturated rings. The molecule has 0 aliphatic carbocycles. The smallest absolute Gasteiger partial charge is 0.394 e. The third-order valence-corrected chi connectivity index (χ3v) is 30.5. The zero-order valence-corrected chi connectivity index (χ0v) is 87.0. The molecule has 16 rings (SSSR count). The molecule has 4 aliphatic rings. The average molecular weight is 2320 g/mol. The second kappa shape index (κ2) is 52.0. The number of thioether (sulfide) groups is 1. The molecule has 12 atom stereocenters. The summed E-state index contributed by atoms with van der Waals surface area (Å²) >= 11 is 12.1. The molecule has 0 spiro atoms. The van der Waals surface area contributed by atoms with Crippen LogP contribution in [-0.4, -0.2) is 233 Å². The van der Waals surface area contributed by atoms with Gasteiger partial charge in [0.2, 0.25) is 0 Å². The minimum atomic E-state index is -5.02. The van der Waals surface area contributed by atoms with Gasteiger partial charge in [-0.1, -0.05) is 157 Å². The Kier molecular flexibility index (Phi) is 40.7. The van der Waals surface area contributed by atoms with E-state index in [1.165, 1.54) is 30.6 Å². The van der Waals surface area contributed by atoms with E-state index in [0.717, 1.165) is 25.4 Å². The van der Waals surface area contributed by atoms with Crippen molar-refractivity contribution in [2.24, 2.45) is 0 Å². The van der Waals surface area contributed by atoms with Crippen molar-refractivity contribution < 1.29 is 117 Å². The number of fused-ring (bicyclic) bond motifs is 4. The SMILES string of the molecule is C#CCNC(=O)C(F)(F)F.CC(C)(C)[Si](C)(C)Cl.CC[C@H]1O[C@@H](n2cc(C#CCNC(=O)C(F)(F)F)c3c(NC(=O)c4ccccc4)ncnc32)CC1O.CC[C@H]1O[C@@H](n2cc(C#CCNC(=O)C(F)(F)F)c3c(NC(=O)c4ccccc4)ncnc32)CC1OCSC.CC[C@H]1O[C@@H](n2cc(I)c3c(NC(=O)c4ccccc4)ncnc32)CC1O.O=C(Nc1ncnc2c1c(I)cn2[C@H]1CC(O)[C@@H](CO)O1)c1ccccc1. The molecule has 12 aromatic rings. The summed E-state index contributed by atoms with van der Waals surface area (Å²) in [6.45, 7) is 15.1. The van der Waals surface area contributed by atoms with Crippen LogP contribution in [0.4, 0.5) is 62.8 Å². The van der Waals surface area contributed by atoms with Crippen molar-refractivity contribution in [2.45, 2.75) is 197 Å². The number of rotatable bonds is 22. The molecule has 35 nitrogen and oxygen atoms in total. The van der Waals surface area contributed by atoms with Crippen molar-refractivity contribution in [3.05, 3.63) is 212 Å². The Morgan fingerprint density at radius 3 is 1.01 bits per heavy atom. The van der Waals surface area contributed by atoms with Crippen LogP contribution in [0.2, 0.25) is 18.1 Å². The number of aromatic nitrogens is 12. The van der Waals surface area contributed by atoms with Gasteiger partial charge in [0.15, 0.2) is 7.38 Å². The van der Waals surface area contributed by atoms with E-state index >= 15 is 0 Å². The van der Waals surface area contributed by atoms with Crippen LogP contribution in [0.15, 0.2) is 171 Å². The van der Waals surface area contributed by atoms with Gasteiger partial charge in [0.1, 0.15) is 102 Å². The lowest BCUT2D eigenvalue weighted by Gasteiger charge is -2.29. The van der Waals surface area contributed by atoms with Crippen molar-refractivity contribution in [3.8, 4) is 36.0 Å². The zero-order valence-electron chi connectivity index (χ0n) is 80.2. The summed E-state index contributed by atoms with van der Waals surface area (Å²) in [7, 11) is -1.39. The van der Waals surface area contributed by atoms with Gasteiger partial charge in [-0.25, -0.2) is 39.9 Å². The first-order chi connectivity index (χ1) is 69.8. The Labute approximate surface area is 873 Å². The number of hydrogen-bond acceptors (Lipinski definition) is 25. The van der Waals surface area contributed by atoms with Crippen LogP contribution in [-0.2, 0) is 38.1 Å². The van der Waals surface area contributed by atoms with Gasteiger partial charge >= 0.3 is 36.3 Å². The Morgan fingerprint density at radius 2 is 0.735 bits per heavy atom. The quantitative estimate of drug-likeness (QED) is 0.00749. The van der Waals surface area contributed by atoms with E-state index in [2.05, 4.69) is 170 Å². The molecule has 147 heavy (non-hydrogen) atoms. The number of halogens is 12. The van der Waals surface area contributed by atoms with E-state index < -0.39 is 118 Å². The molecule has 4 aliphatic heterocycles. The van der Waals surface area contributed by atoms with Crippen LogP contribution in [0.25, 0.3) is 44.1 Å². The lowest BCUT2D eigenvalue weighted by molar-refractivity contribution is -0.173. The van der Waals surface area contributed by atoms with Crippen molar-refractivity contribution in [1.82, 2.24) is 74.1 Å². The number of hydrogen-bond donors (Lipinski definition) is 11. The molecule has 8 aromatic heterocycles. The number of ether oxygens (including phenoxy) is 5. The summed E-state index contributed by atoms with van der Waals surface area (Å²) in [6.07, 6.45) is 2.61. The number of amides is 7. The molecule has 49 heteroatoms. The first-order valence-electron chi connectivity index (χ1n) is 45.5. The van der Waals surface area contributed by atoms with Crippen LogP contribution >= 0.6 is 68.0 Å². The number of terminal acetylenes is 1. The van der Waals surface area contributed by atoms with Gasteiger partial charge in [0, 0.05) is 79.9 Å². The van der Waals surface area contributed by atoms with Crippen molar-refractivity contribution in [1.29, 1.82) is 0 Å². The van der Waals surface area contributed by atoms with E-state index in [1.807, 2.05) is 74.2 Å². The molecule has 12 heterocycles. The number of aliphatic hydroxyl groups excluding tert-OH is 4. The first-order valence-corrected chi connectivity index (χ1v) is 53.1. The van der Waals surface area contributed by atoms with Crippen molar-refractivity contribution >= 4 is 184 Å². The summed E-state index contributed by atoms with van der Waals surface area (Å²) in [5.41, 5.74) is 4.57. The fourth-order valence-corrected chi connectivity index (χ4v) is 16.8. The van der Waals surface area contributed by atoms with Gasteiger partial charge in [-0.15, -0.1) is 18.2 Å². The third-order valence-electron chi connectivity index (χ3n) is 23.3. The molecule has 4 saturated heterocycles. The van der Waals surface area contributed by atoms with Gasteiger partial charge in [-0.3, -0.25) is 33.6 Å². The van der Waals surface area contributed by atoms with Gasteiger partial charge in [-0.05, 0) is 124 Å². The van der Waals surface area contributed by atoms with Gasteiger partial charge in [0.25, 0.3) is 23.6 Å². The maximum absolute atomic E-state index is 12.9. The number of alkyl halides is 9. The lowest BCUT2D eigenvalue weighted by atomic mass is 10.1. The number of carbonyl (C=O) groups is 7. The van der Waals surface area contributed by atoms with E-state index in [1.54, 1.807) is 146 Å². The fourth-order valence-electron chi connectivity index (χ4n) is 14.9. The Balaban J connectivity index is 0.000000177. The largest absolute Gasteiger partial charge is 0.471 e. The summed E-state index contributed by atoms with van der Waals surface area (Å²) in [4.78, 5) is 117. The Morgan fingerprint density at radius 1 is 0.456 bits per heavy atom. The van der Waals surface area contributed by atoms with E-state index in [-0.39, 0.29) is 67.1 Å². The summed E-state index contributed by atoms with van der Waals surface area (Å²) < 4.78 is 148. The third kappa shape index (κ3) is 30.3. The maximum atomic E-state index is 12.9. The molecular weight excluding hydrogens is 2220 g/mol. The van der Waals surface area contributed by atoms with E-state index in [9.17, 15) is 93.5 Å². The highest BCUT2D eigenvalue weighted by Crippen LogP contribution is 2.43. The summed E-state index contributed by atoms with van der Waals surface area (Å²) in [5.74, 6) is 6.57. The highest BCUT2D eigenvalue weighted by molar-refractivity contribution is 14.1. The normalized spacial score (nSPS) is 19.5. The predicted molar refractivity (Wildman–Crippen MR) is 549 cm³/mol. The minimum Gasteiger partial charge on any atom is -0.394 e. The fraction of sp³-hybridized carbons (Fsp3) is 0.378. The van der Waals surface area contributed by atoms with Crippen LogP contribution in [0, 0.1) is 43.2 Å².